The number of nitrogens with one attached hydrogen (secondary N) is 1. The molecule has 0 radical (unpaired) electrons. The van der Waals surface area contributed by atoms with Crippen molar-refractivity contribution in [3.8, 4) is 0 Å². The van der Waals surface area contributed by atoms with Gasteiger partial charge in [0, 0.05) is 24.5 Å². The smallest absolute Gasteiger partial charge is 0.270 e. The van der Waals surface area contributed by atoms with E-state index < -0.39 is 0 Å². The van der Waals surface area contributed by atoms with Crippen molar-refractivity contribution in [2.24, 2.45) is 0 Å². The molecule has 16 heavy (non-hydrogen) atoms. The van der Waals surface area contributed by atoms with Crippen LogP contribution >= 0.6 is 0 Å². The van der Waals surface area contributed by atoms with Gasteiger partial charge in [-0.1, -0.05) is 12.1 Å². The fourth-order valence-corrected chi connectivity index (χ4v) is 2.38. The number of hydrogen-bond donors (Lipinski definition) is 1. The van der Waals surface area contributed by atoms with Crippen molar-refractivity contribution < 1.29 is 4.79 Å². The largest absolute Gasteiger partial charge is 0.350 e. The molecule has 0 unspecified atom stereocenters. The maximum atomic E-state index is 12.0. The average Bonchev–Trinajstić information content (AvgIpc) is 2.62. The van der Waals surface area contributed by atoms with Gasteiger partial charge < -0.3 is 9.88 Å². The first-order chi connectivity index (χ1) is 7.66. The third-order valence-electron chi connectivity index (χ3n) is 3.32. The molecule has 0 saturated heterocycles. The molecule has 0 spiro atoms. The molecule has 1 N–H and O–H groups in total. The summed E-state index contributed by atoms with van der Waals surface area (Å²) in [5.74, 6) is 0.107. The summed E-state index contributed by atoms with van der Waals surface area (Å²) < 4.78 is 0. The van der Waals surface area contributed by atoms with Crippen LogP contribution < -0.4 is 0 Å². The molecule has 1 aliphatic heterocycles. The van der Waals surface area contributed by atoms with Crippen molar-refractivity contribution in [1.82, 2.24) is 9.88 Å². The second kappa shape index (κ2) is 3.11. The number of nitrogens with zero attached hydrogens (tertiary/aromatic N) is 1. The molecule has 3 rings (SSSR count). The van der Waals surface area contributed by atoms with Crippen LogP contribution in [0.2, 0.25) is 0 Å². The van der Waals surface area contributed by atoms with Crippen LogP contribution in [0.1, 0.15) is 21.6 Å². The number of rotatable bonds is 0. The summed E-state index contributed by atoms with van der Waals surface area (Å²) in [7, 11) is 1.85. The molecule has 1 aromatic heterocycles. The number of likely N-dealkylation sites (N-methyl/N-ethyl adjacent to an activating group) is 1. The summed E-state index contributed by atoms with van der Waals surface area (Å²) >= 11 is 0. The maximum Gasteiger partial charge on any atom is 0.270 e. The van der Waals surface area contributed by atoms with Crippen molar-refractivity contribution in [3.63, 3.8) is 0 Å². The normalized spacial score (nSPS) is 15.6. The number of aromatic amines is 1. The number of amides is 1. The molecule has 0 saturated carbocycles. The fraction of sp³-hybridized carbons (Fsp3) is 0.308. The molecule has 1 aliphatic rings. The molecule has 1 aromatic carbocycles. The monoisotopic (exact) mass is 214 g/mol. The highest BCUT2D eigenvalue weighted by molar-refractivity contribution is 6.02. The Labute approximate surface area is 94.1 Å². The molecule has 0 aliphatic carbocycles. The SMILES string of the molecule is Cc1ccc2c3c([nH]c2c1)C(=O)N(C)CC3. The third kappa shape index (κ3) is 1.18. The van der Waals surface area contributed by atoms with E-state index in [0.29, 0.717) is 0 Å². The van der Waals surface area contributed by atoms with Crippen molar-refractivity contribution >= 4 is 16.8 Å². The highest BCUT2D eigenvalue weighted by atomic mass is 16.2. The first-order valence-corrected chi connectivity index (χ1v) is 5.53. The van der Waals surface area contributed by atoms with Gasteiger partial charge in [-0.05, 0) is 30.5 Å². The first-order valence-electron chi connectivity index (χ1n) is 5.53. The van der Waals surface area contributed by atoms with E-state index in [2.05, 4.69) is 30.1 Å². The second-order valence-electron chi connectivity index (χ2n) is 4.50. The van der Waals surface area contributed by atoms with Gasteiger partial charge in [-0.3, -0.25) is 4.79 Å². The Balaban J connectivity index is 2.30. The molecule has 82 valence electrons. The maximum absolute atomic E-state index is 12.0. The summed E-state index contributed by atoms with van der Waals surface area (Å²) in [6.07, 6.45) is 0.945. The van der Waals surface area contributed by atoms with Crippen LogP contribution in [0.15, 0.2) is 18.2 Å². The van der Waals surface area contributed by atoms with Gasteiger partial charge in [0.05, 0.1) is 0 Å². The number of aryl methyl sites for hydroxylation is 1. The van der Waals surface area contributed by atoms with Gasteiger partial charge in [-0.25, -0.2) is 0 Å². The van der Waals surface area contributed by atoms with Crippen LogP contribution in [0.25, 0.3) is 10.9 Å². The van der Waals surface area contributed by atoms with E-state index in [1.54, 1.807) is 4.90 Å². The lowest BCUT2D eigenvalue weighted by Crippen LogP contribution is -2.33. The average molecular weight is 214 g/mol. The predicted molar refractivity (Wildman–Crippen MR) is 63.7 cm³/mol. The molecular weight excluding hydrogens is 200 g/mol. The van der Waals surface area contributed by atoms with Gasteiger partial charge >= 0.3 is 0 Å². The summed E-state index contributed by atoms with van der Waals surface area (Å²) in [5.41, 5.74) is 4.24. The highest BCUT2D eigenvalue weighted by Gasteiger charge is 2.25. The summed E-state index contributed by atoms with van der Waals surface area (Å²) in [6.45, 7) is 2.87. The zero-order valence-electron chi connectivity index (χ0n) is 9.50. The van der Waals surface area contributed by atoms with E-state index in [0.717, 1.165) is 24.2 Å². The summed E-state index contributed by atoms with van der Waals surface area (Å²) in [4.78, 5) is 17.0. The molecule has 3 nitrogen and oxygen atoms in total. The lowest BCUT2D eigenvalue weighted by atomic mass is 10.0. The Bertz CT molecular complexity index is 583. The highest BCUT2D eigenvalue weighted by Crippen LogP contribution is 2.27. The molecule has 2 heterocycles. The Hall–Kier alpha value is -1.77. The standard InChI is InChI=1S/C13H14N2O/c1-8-3-4-9-10-5-6-15(2)13(16)12(10)14-11(9)7-8/h3-4,7,14H,5-6H2,1-2H3. The van der Waals surface area contributed by atoms with Crippen LogP contribution in [0, 0.1) is 6.92 Å². The molecule has 3 heteroatoms. The molecule has 1 amide bonds. The topological polar surface area (TPSA) is 36.1 Å². The van der Waals surface area contributed by atoms with Crippen molar-refractivity contribution in [3.05, 3.63) is 35.0 Å². The van der Waals surface area contributed by atoms with E-state index in [1.807, 2.05) is 7.05 Å². The Morgan fingerprint density at radius 3 is 3.00 bits per heavy atom. The van der Waals surface area contributed by atoms with E-state index in [4.69, 9.17) is 0 Å². The third-order valence-corrected chi connectivity index (χ3v) is 3.32. The van der Waals surface area contributed by atoms with Gasteiger partial charge in [-0.15, -0.1) is 0 Å². The lowest BCUT2D eigenvalue weighted by Gasteiger charge is -2.22. The zero-order valence-corrected chi connectivity index (χ0v) is 9.50. The van der Waals surface area contributed by atoms with Crippen molar-refractivity contribution in [2.75, 3.05) is 13.6 Å². The fourth-order valence-electron chi connectivity index (χ4n) is 2.38. The van der Waals surface area contributed by atoms with E-state index >= 15 is 0 Å². The Morgan fingerprint density at radius 1 is 1.38 bits per heavy atom. The summed E-state index contributed by atoms with van der Waals surface area (Å²) in [6, 6.07) is 6.30. The molecule has 0 bridgehead atoms. The molecule has 0 atom stereocenters. The van der Waals surface area contributed by atoms with E-state index in [1.165, 1.54) is 16.5 Å². The second-order valence-corrected chi connectivity index (χ2v) is 4.50. The van der Waals surface area contributed by atoms with Crippen LogP contribution in [0.4, 0.5) is 0 Å². The molecule has 0 fully saturated rings. The van der Waals surface area contributed by atoms with Crippen LogP contribution in [-0.4, -0.2) is 29.4 Å². The number of benzene rings is 1. The van der Waals surface area contributed by atoms with Gasteiger partial charge in [0.25, 0.3) is 5.91 Å². The van der Waals surface area contributed by atoms with E-state index in [-0.39, 0.29) is 5.91 Å². The van der Waals surface area contributed by atoms with Gasteiger partial charge in [0.15, 0.2) is 0 Å². The van der Waals surface area contributed by atoms with Crippen LogP contribution in [0.3, 0.4) is 0 Å². The van der Waals surface area contributed by atoms with Gasteiger partial charge in [0.2, 0.25) is 0 Å². The van der Waals surface area contributed by atoms with Gasteiger partial charge in [-0.2, -0.15) is 0 Å². The number of carbonyl (C=O) groups excluding carboxylic acids is 1. The zero-order chi connectivity index (χ0) is 11.3. The van der Waals surface area contributed by atoms with Crippen molar-refractivity contribution in [2.45, 2.75) is 13.3 Å². The number of H-pyrrole nitrogens is 1. The van der Waals surface area contributed by atoms with Gasteiger partial charge in [0.1, 0.15) is 5.69 Å². The minimum atomic E-state index is 0.107. The van der Waals surface area contributed by atoms with Crippen LogP contribution in [0.5, 0.6) is 0 Å². The number of aromatic nitrogens is 1. The quantitative estimate of drug-likeness (QED) is 0.716. The molecular formula is C13H14N2O. The Kier molecular flexibility index (Phi) is 1.84. The van der Waals surface area contributed by atoms with E-state index in [9.17, 15) is 4.79 Å². The summed E-state index contributed by atoms with van der Waals surface area (Å²) in [5, 5.41) is 1.20. The minimum Gasteiger partial charge on any atom is -0.350 e. The predicted octanol–water partition coefficient (Wildman–Crippen LogP) is 2.10. The van der Waals surface area contributed by atoms with Crippen LogP contribution in [-0.2, 0) is 6.42 Å². The molecule has 2 aromatic rings. The number of hydrogen-bond acceptors (Lipinski definition) is 1. The first kappa shape index (κ1) is 9.46. The van der Waals surface area contributed by atoms with Crippen molar-refractivity contribution in [1.29, 1.82) is 0 Å². The Morgan fingerprint density at radius 2 is 2.19 bits per heavy atom. The number of fused-ring (bicyclic) bond motifs is 3. The number of carbonyl (C=O) groups is 1. The lowest BCUT2D eigenvalue weighted by molar-refractivity contribution is 0.0776. The minimum absolute atomic E-state index is 0.107.